The van der Waals surface area contributed by atoms with Gasteiger partial charge in [-0.1, -0.05) is 23.7 Å². The van der Waals surface area contributed by atoms with Gasteiger partial charge in [0.15, 0.2) is 11.6 Å². The van der Waals surface area contributed by atoms with Gasteiger partial charge in [-0.05, 0) is 58.8 Å². The molecule has 0 saturated heterocycles. The van der Waals surface area contributed by atoms with E-state index in [4.69, 9.17) is 11.6 Å². The number of Topliss-reactive ketones (excluding diaryl/α,β-unsaturated/α-hetero) is 1. The van der Waals surface area contributed by atoms with E-state index in [1.165, 1.54) is 48.4 Å². The van der Waals surface area contributed by atoms with E-state index in [2.05, 4.69) is 21.2 Å². The van der Waals surface area contributed by atoms with Crippen LogP contribution in [0.3, 0.4) is 0 Å². The van der Waals surface area contributed by atoms with E-state index >= 15 is 0 Å². The van der Waals surface area contributed by atoms with Crippen LogP contribution in [0.1, 0.15) is 35.3 Å². The van der Waals surface area contributed by atoms with Gasteiger partial charge in [0.25, 0.3) is 0 Å². The summed E-state index contributed by atoms with van der Waals surface area (Å²) in [6.45, 7) is 1.38. The highest BCUT2D eigenvalue weighted by Crippen LogP contribution is 2.33. The maximum Gasteiger partial charge on any atom is 0.326 e. The zero-order valence-corrected chi connectivity index (χ0v) is 17.1. The van der Waals surface area contributed by atoms with Crippen LogP contribution in [0.15, 0.2) is 53.1 Å². The molecule has 0 bridgehead atoms. The van der Waals surface area contributed by atoms with Crippen LogP contribution < -0.4 is 5.32 Å². The molecule has 0 unspecified atom stereocenters. The molecular formula is C20H15BrClFN2O3. The molecule has 8 heteroatoms. The van der Waals surface area contributed by atoms with Crippen LogP contribution in [0.4, 0.5) is 14.9 Å². The van der Waals surface area contributed by atoms with E-state index < -0.39 is 17.9 Å². The minimum atomic E-state index is -0.573. The fourth-order valence-electron chi connectivity index (χ4n) is 2.89. The molecule has 0 aromatic heterocycles. The first-order valence-corrected chi connectivity index (χ1v) is 9.49. The molecule has 1 N–H and O–H groups in total. The number of ketones is 2. The Kier molecular flexibility index (Phi) is 5.96. The summed E-state index contributed by atoms with van der Waals surface area (Å²) in [6.07, 6.45) is 2.79. The highest BCUT2D eigenvalue weighted by Gasteiger charge is 2.29. The minimum absolute atomic E-state index is 0.0794. The maximum atomic E-state index is 13.2. The average Bonchev–Trinajstić information content (AvgIpc) is 2.64. The molecule has 1 aliphatic rings. The zero-order valence-electron chi connectivity index (χ0n) is 14.7. The van der Waals surface area contributed by atoms with Gasteiger partial charge < -0.3 is 5.32 Å². The molecule has 3 rings (SSSR count). The molecule has 28 heavy (non-hydrogen) atoms. The number of hydrogen-bond acceptors (Lipinski definition) is 3. The summed E-state index contributed by atoms with van der Waals surface area (Å²) in [5, 5.41) is 2.99. The van der Waals surface area contributed by atoms with E-state index in [9.17, 15) is 18.8 Å². The van der Waals surface area contributed by atoms with Crippen LogP contribution in [0.25, 0.3) is 0 Å². The smallest absolute Gasteiger partial charge is 0.306 e. The molecular weight excluding hydrogens is 451 g/mol. The monoisotopic (exact) mass is 464 g/mol. The van der Waals surface area contributed by atoms with Gasteiger partial charge in [0.05, 0.1) is 16.8 Å². The quantitative estimate of drug-likeness (QED) is 0.608. The number of nitrogens with zero attached hydrogens (tertiary/aromatic N) is 1. The molecule has 5 nitrogen and oxygen atoms in total. The van der Waals surface area contributed by atoms with Crippen molar-refractivity contribution in [2.45, 2.75) is 19.4 Å². The fraction of sp³-hybridized carbons (Fsp3) is 0.150. The van der Waals surface area contributed by atoms with Crippen LogP contribution in [-0.4, -0.2) is 22.5 Å². The largest absolute Gasteiger partial charge is 0.326 e. The number of anilines is 1. The molecule has 0 fully saturated rings. The van der Waals surface area contributed by atoms with Gasteiger partial charge in [-0.25, -0.2) is 9.18 Å². The SMILES string of the molecule is CC(=O)c1cc(NC(=O)N2C=CC(=O)C[C@H]2c2ccc(F)cc2)c(Br)cc1Cl. The summed E-state index contributed by atoms with van der Waals surface area (Å²) in [4.78, 5) is 37.8. The Morgan fingerprint density at radius 1 is 1.25 bits per heavy atom. The maximum absolute atomic E-state index is 13.2. The standard InChI is InChI=1S/C20H15BrClFN2O3/c1-11(26)15-9-18(16(21)10-17(15)22)24-20(28)25-7-6-14(27)8-19(25)12-2-4-13(23)5-3-12/h2-7,9-10,19H,8H2,1H3,(H,24,28)/t19-/m0/s1. The van der Waals surface area contributed by atoms with Crippen molar-refractivity contribution in [1.29, 1.82) is 0 Å². The van der Waals surface area contributed by atoms with Gasteiger partial charge in [-0.2, -0.15) is 0 Å². The van der Waals surface area contributed by atoms with Crippen LogP contribution >= 0.6 is 27.5 Å². The molecule has 144 valence electrons. The van der Waals surface area contributed by atoms with E-state index in [0.717, 1.165) is 0 Å². The Bertz CT molecular complexity index is 992. The van der Waals surface area contributed by atoms with Crippen molar-refractivity contribution in [1.82, 2.24) is 4.90 Å². The highest BCUT2D eigenvalue weighted by atomic mass is 79.9. The van der Waals surface area contributed by atoms with Gasteiger partial charge >= 0.3 is 6.03 Å². The molecule has 0 saturated carbocycles. The Morgan fingerprint density at radius 2 is 1.93 bits per heavy atom. The van der Waals surface area contributed by atoms with Gasteiger partial charge in [-0.3, -0.25) is 14.5 Å². The summed E-state index contributed by atoms with van der Waals surface area (Å²) in [5.74, 6) is -0.773. The first-order valence-electron chi connectivity index (χ1n) is 8.32. The van der Waals surface area contributed by atoms with Gasteiger partial charge in [0.2, 0.25) is 0 Å². The normalized spacial score (nSPS) is 16.2. The number of amides is 2. The third-order valence-electron chi connectivity index (χ3n) is 4.32. The molecule has 0 spiro atoms. The fourth-order valence-corrected chi connectivity index (χ4v) is 3.76. The first kappa shape index (κ1) is 20.2. The van der Waals surface area contributed by atoms with Crippen molar-refractivity contribution in [2.75, 3.05) is 5.32 Å². The molecule has 0 aliphatic carbocycles. The van der Waals surface area contributed by atoms with Gasteiger partial charge in [-0.15, -0.1) is 0 Å². The molecule has 2 amide bonds. The molecule has 0 radical (unpaired) electrons. The van der Waals surface area contributed by atoms with Crippen LogP contribution in [0.5, 0.6) is 0 Å². The summed E-state index contributed by atoms with van der Waals surface area (Å²) in [7, 11) is 0. The first-order chi connectivity index (χ1) is 13.3. The van der Waals surface area contributed by atoms with Crippen LogP contribution in [0, 0.1) is 5.82 Å². The summed E-state index contributed by atoms with van der Waals surface area (Å²) in [5.41, 5.74) is 1.27. The number of halogens is 3. The summed E-state index contributed by atoms with van der Waals surface area (Å²) in [6, 6.07) is 7.58. The van der Waals surface area contributed by atoms with Crippen molar-refractivity contribution in [2.24, 2.45) is 0 Å². The molecule has 1 atom stereocenters. The number of carbonyl (C=O) groups is 3. The molecule has 2 aromatic carbocycles. The lowest BCUT2D eigenvalue weighted by Gasteiger charge is -2.31. The molecule has 2 aromatic rings. The van der Waals surface area contributed by atoms with Crippen molar-refractivity contribution < 1.29 is 18.8 Å². The zero-order chi connectivity index (χ0) is 20.4. The second-order valence-corrected chi connectivity index (χ2v) is 7.52. The predicted molar refractivity (Wildman–Crippen MR) is 108 cm³/mol. The number of rotatable bonds is 3. The Hall–Kier alpha value is -2.51. The van der Waals surface area contributed by atoms with Crippen LogP contribution in [-0.2, 0) is 4.79 Å². The number of nitrogens with one attached hydrogen (secondary N) is 1. The highest BCUT2D eigenvalue weighted by molar-refractivity contribution is 9.10. The Balaban J connectivity index is 1.91. The Morgan fingerprint density at radius 3 is 2.57 bits per heavy atom. The summed E-state index contributed by atoms with van der Waals surface area (Å²) >= 11 is 9.38. The minimum Gasteiger partial charge on any atom is -0.306 e. The van der Waals surface area contributed by atoms with Gasteiger partial charge in [0.1, 0.15) is 5.82 Å². The van der Waals surface area contributed by atoms with E-state index in [0.29, 0.717) is 15.7 Å². The second kappa shape index (κ2) is 8.24. The van der Waals surface area contributed by atoms with Crippen molar-refractivity contribution in [3.05, 3.63) is 75.1 Å². The van der Waals surface area contributed by atoms with Gasteiger partial charge in [0, 0.05) is 22.7 Å². The average molecular weight is 466 g/mol. The Labute approximate surface area is 174 Å². The second-order valence-electron chi connectivity index (χ2n) is 6.26. The summed E-state index contributed by atoms with van der Waals surface area (Å²) < 4.78 is 13.7. The number of urea groups is 1. The molecule has 1 aliphatic heterocycles. The lowest BCUT2D eigenvalue weighted by molar-refractivity contribution is -0.116. The lowest BCUT2D eigenvalue weighted by atomic mass is 9.97. The lowest BCUT2D eigenvalue weighted by Crippen LogP contribution is -2.37. The van der Waals surface area contributed by atoms with E-state index in [1.54, 1.807) is 12.1 Å². The third-order valence-corrected chi connectivity index (χ3v) is 5.29. The number of carbonyl (C=O) groups excluding carboxylic acids is 3. The number of allylic oxidation sites excluding steroid dienone is 1. The molecule has 1 heterocycles. The number of benzene rings is 2. The van der Waals surface area contributed by atoms with Crippen molar-refractivity contribution >= 4 is 50.8 Å². The van der Waals surface area contributed by atoms with Crippen molar-refractivity contribution in [3.8, 4) is 0 Å². The van der Waals surface area contributed by atoms with Crippen LogP contribution in [0.2, 0.25) is 5.02 Å². The van der Waals surface area contributed by atoms with Crippen molar-refractivity contribution in [3.63, 3.8) is 0 Å². The predicted octanol–water partition coefficient (Wildman–Crippen LogP) is 5.51. The van der Waals surface area contributed by atoms with E-state index in [1.807, 2.05) is 0 Å². The third kappa shape index (κ3) is 4.31. The topological polar surface area (TPSA) is 66.5 Å². The van der Waals surface area contributed by atoms with E-state index in [-0.39, 0.29) is 28.6 Å². The number of hydrogen-bond donors (Lipinski definition) is 1.